The van der Waals surface area contributed by atoms with Crippen LogP contribution in [0.2, 0.25) is 10.0 Å². The normalized spacial score (nSPS) is 10.6. The molecule has 0 aliphatic carbocycles. The molecule has 0 radical (unpaired) electrons. The lowest BCUT2D eigenvalue weighted by Crippen LogP contribution is -2.14. The van der Waals surface area contributed by atoms with E-state index in [4.69, 9.17) is 23.2 Å². The Labute approximate surface area is 135 Å². The van der Waals surface area contributed by atoms with Crippen LogP contribution >= 0.6 is 23.2 Å². The molecule has 0 atom stereocenters. The predicted octanol–water partition coefficient (Wildman–Crippen LogP) is 4.78. The molecule has 1 amide bonds. The zero-order chi connectivity index (χ0) is 16.1. The Hall–Kier alpha value is -1.85. The van der Waals surface area contributed by atoms with Crippen molar-refractivity contribution in [1.29, 1.82) is 0 Å². The fourth-order valence-corrected chi connectivity index (χ4v) is 2.11. The zero-order valence-electron chi connectivity index (χ0n) is 11.2. The van der Waals surface area contributed by atoms with Crippen LogP contribution in [0, 0.1) is 0 Å². The number of hydrogen-bond donors (Lipinski definition) is 1. The van der Waals surface area contributed by atoms with E-state index in [2.05, 4.69) is 10.1 Å². The number of anilines is 1. The summed E-state index contributed by atoms with van der Waals surface area (Å²) in [5, 5.41) is 3.21. The molecule has 2 rings (SSSR count). The number of carbonyl (C=O) groups is 1. The largest absolute Gasteiger partial charge is 0.433 e. The fraction of sp³-hybridized carbons (Fsp3) is 0.133. The van der Waals surface area contributed by atoms with Gasteiger partial charge in [0.25, 0.3) is 0 Å². The molecular weight excluding hydrogens is 335 g/mol. The third-order valence-electron chi connectivity index (χ3n) is 2.71. The fourth-order valence-electron chi connectivity index (χ4n) is 1.76. The van der Waals surface area contributed by atoms with Gasteiger partial charge >= 0.3 is 6.61 Å². The van der Waals surface area contributed by atoms with Gasteiger partial charge in [0.2, 0.25) is 5.91 Å². The molecule has 116 valence electrons. The van der Waals surface area contributed by atoms with E-state index < -0.39 is 6.61 Å². The molecule has 1 N–H and O–H groups in total. The first-order chi connectivity index (χ1) is 10.4. The SMILES string of the molecule is O=C(Cc1ccc(Cl)cc1)Nc1ccc(OC(F)F)c(Cl)c1. The summed E-state index contributed by atoms with van der Waals surface area (Å²) < 4.78 is 28.5. The highest BCUT2D eigenvalue weighted by atomic mass is 35.5. The van der Waals surface area contributed by atoms with Crippen LogP contribution in [0.25, 0.3) is 0 Å². The monoisotopic (exact) mass is 345 g/mol. The molecule has 0 spiro atoms. The summed E-state index contributed by atoms with van der Waals surface area (Å²) in [7, 11) is 0. The van der Waals surface area contributed by atoms with Crippen LogP contribution in [0.1, 0.15) is 5.56 Å². The Kier molecular flexibility index (Phi) is 5.57. The van der Waals surface area contributed by atoms with Crippen molar-refractivity contribution in [1.82, 2.24) is 0 Å². The molecule has 0 aromatic heterocycles. The zero-order valence-corrected chi connectivity index (χ0v) is 12.7. The predicted molar refractivity (Wildman–Crippen MR) is 81.9 cm³/mol. The number of rotatable bonds is 5. The van der Waals surface area contributed by atoms with Crippen molar-refractivity contribution in [2.75, 3.05) is 5.32 Å². The number of nitrogens with one attached hydrogen (secondary N) is 1. The van der Waals surface area contributed by atoms with Gasteiger partial charge in [0, 0.05) is 10.7 Å². The summed E-state index contributed by atoms with van der Waals surface area (Å²) >= 11 is 11.6. The molecule has 0 bridgehead atoms. The second-order valence-electron chi connectivity index (χ2n) is 4.38. The number of carbonyl (C=O) groups excluding carboxylic acids is 1. The number of halogens is 4. The molecule has 7 heteroatoms. The molecular formula is C15H11Cl2F2NO2. The Bertz CT molecular complexity index is 663. The minimum Gasteiger partial charge on any atom is -0.433 e. The lowest BCUT2D eigenvalue weighted by Gasteiger charge is -2.09. The van der Waals surface area contributed by atoms with Crippen LogP contribution in [0.15, 0.2) is 42.5 Å². The van der Waals surface area contributed by atoms with Crippen molar-refractivity contribution in [2.45, 2.75) is 13.0 Å². The number of hydrogen-bond acceptors (Lipinski definition) is 2. The third-order valence-corrected chi connectivity index (χ3v) is 3.26. The Balaban J connectivity index is 1.99. The standard InChI is InChI=1S/C15H11Cl2F2NO2/c16-10-3-1-9(2-4-10)7-14(21)20-11-5-6-13(12(17)8-11)22-15(18)19/h1-6,8,15H,7H2,(H,20,21). The van der Waals surface area contributed by atoms with Gasteiger partial charge in [0.15, 0.2) is 0 Å². The van der Waals surface area contributed by atoms with Gasteiger partial charge in [-0.3, -0.25) is 4.79 Å². The average Bonchev–Trinajstić information content (AvgIpc) is 2.44. The van der Waals surface area contributed by atoms with E-state index in [-0.39, 0.29) is 23.1 Å². The van der Waals surface area contributed by atoms with Gasteiger partial charge in [-0.25, -0.2) is 0 Å². The molecule has 2 aromatic carbocycles. The first-order valence-corrected chi connectivity index (χ1v) is 6.98. The van der Waals surface area contributed by atoms with Crippen molar-refractivity contribution in [2.24, 2.45) is 0 Å². The van der Waals surface area contributed by atoms with Crippen LogP contribution in [-0.4, -0.2) is 12.5 Å². The van der Waals surface area contributed by atoms with E-state index in [1.165, 1.54) is 18.2 Å². The van der Waals surface area contributed by atoms with Gasteiger partial charge in [-0.15, -0.1) is 0 Å². The third kappa shape index (κ3) is 4.86. The molecule has 2 aromatic rings. The molecule has 0 unspecified atom stereocenters. The molecule has 0 heterocycles. The van der Waals surface area contributed by atoms with Gasteiger partial charge in [-0.2, -0.15) is 8.78 Å². The van der Waals surface area contributed by atoms with E-state index in [9.17, 15) is 13.6 Å². The second-order valence-corrected chi connectivity index (χ2v) is 5.22. The highest BCUT2D eigenvalue weighted by molar-refractivity contribution is 6.32. The molecule has 0 aliphatic rings. The maximum absolute atomic E-state index is 12.1. The Morgan fingerprint density at radius 3 is 2.41 bits per heavy atom. The van der Waals surface area contributed by atoms with Crippen LogP contribution in [-0.2, 0) is 11.2 Å². The van der Waals surface area contributed by atoms with Crippen LogP contribution in [0.5, 0.6) is 5.75 Å². The lowest BCUT2D eigenvalue weighted by molar-refractivity contribution is -0.115. The van der Waals surface area contributed by atoms with E-state index in [0.29, 0.717) is 10.7 Å². The van der Waals surface area contributed by atoms with Crippen LogP contribution < -0.4 is 10.1 Å². The number of ether oxygens (including phenoxy) is 1. The second kappa shape index (κ2) is 7.42. The van der Waals surface area contributed by atoms with Gasteiger partial charge in [-0.1, -0.05) is 35.3 Å². The number of benzene rings is 2. The van der Waals surface area contributed by atoms with Crippen molar-refractivity contribution in [3.63, 3.8) is 0 Å². The van der Waals surface area contributed by atoms with E-state index in [1.54, 1.807) is 24.3 Å². The lowest BCUT2D eigenvalue weighted by atomic mass is 10.1. The van der Waals surface area contributed by atoms with Crippen molar-refractivity contribution < 1.29 is 18.3 Å². The topological polar surface area (TPSA) is 38.3 Å². The maximum atomic E-state index is 12.1. The summed E-state index contributed by atoms with van der Waals surface area (Å²) in [6.45, 7) is -2.96. The van der Waals surface area contributed by atoms with E-state index in [0.717, 1.165) is 5.56 Å². The van der Waals surface area contributed by atoms with Gasteiger partial charge in [-0.05, 0) is 35.9 Å². The first-order valence-electron chi connectivity index (χ1n) is 6.22. The van der Waals surface area contributed by atoms with E-state index in [1.807, 2.05) is 0 Å². The highest BCUT2D eigenvalue weighted by Gasteiger charge is 2.10. The smallest absolute Gasteiger partial charge is 0.387 e. The Morgan fingerprint density at radius 1 is 1.14 bits per heavy atom. The van der Waals surface area contributed by atoms with Crippen molar-refractivity contribution in [3.05, 3.63) is 58.1 Å². The summed E-state index contributed by atoms with van der Waals surface area (Å²) in [5.74, 6) is -0.409. The molecule has 0 fully saturated rings. The summed E-state index contributed by atoms with van der Waals surface area (Å²) in [4.78, 5) is 11.9. The van der Waals surface area contributed by atoms with Crippen molar-refractivity contribution >= 4 is 34.8 Å². The minimum absolute atomic E-state index is 0.00964. The minimum atomic E-state index is -2.96. The van der Waals surface area contributed by atoms with Gasteiger partial charge in [0.05, 0.1) is 11.4 Å². The number of amides is 1. The summed E-state index contributed by atoms with van der Waals surface area (Å²) in [6, 6.07) is 10.9. The average molecular weight is 346 g/mol. The molecule has 3 nitrogen and oxygen atoms in total. The van der Waals surface area contributed by atoms with Gasteiger partial charge in [0.1, 0.15) is 5.75 Å². The molecule has 0 saturated carbocycles. The van der Waals surface area contributed by atoms with Gasteiger partial charge < -0.3 is 10.1 Å². The molecule has 0 aliphatic heterocycles. The Morgan fingerprint density at radius 2 is 1.82 bits per heavy atom. The van der Waals surface area contributed by atoms with E-state index >= 15 is 0 Å². The first kappa shape index (κ1) is 16.5. The van der Waals surface area contributed by atoms with Crippen LogP contribution in [0.4, 0.5) is 14.5 Å². The van der Waals surface area contributed by atoms with Crippen molar-refractivity contribution in [3.8, 4) is 5.75 Å². The quantitative estimate of drug-likeness (QED) is 0.847. The molecule has 0 saturated heterocycles. The maximum Gasteiger partial charge on any atom is 0.387 e. The number of alkyl halides is 2. The highest BCUT2D eigenvalue weighted by Crippen LogP contribution is 2.29. The van der Waals surface area contributed by atoms with Crippen LogP contribution in [0.3, 0.4) is 0 Å². The summed E-state index contributed by atoms with van der Waals surface area (Å²) in [5.41, 5.74) is 1.19. The molecule has 22 heavy (non-hydrogen) atoms. The summed E-state index contributed by atoms with van der Waals surface area (Å²) in [6.07, 6.45) is 0.157.